The first kappa shape index (κ1) is 19.5. The van der Waals surface area contributed by atoms with Gasteiger partial charge in [-0.3, -0.25) is 9.59 Å². The Morgan fingerprint density at radius 1 is 0.933 bits per heavy atom. The van der Waals surface area contributed by atoms with Gasteiger partial charge in [0.1, 0.15) is 17.4 Å². The van der Waals surface area contributed by atoms with Gasteiger partial charge in [-0.2, -0.15) is 0 Å². The Labute approximate surface area is 173 Å². The van der Waals surface area contributed by atoms with Gasteiger partial charge in [-0.15, -0.1) is 0 Å². The zero-order valence-electron chi connectivity index (χ0n) is 16.5. The highest BCUT2D eigenvalue weighted by Gasteiger charge is 2.25. The molecule has 2 aromatic carbocycles. The Kier molecular flexibility index (Phi) is 5.66. The van der Waals surface area contributed by atoms with Crippen LogP contribution in [0.15, 0.2) is 87.9 Å². The van der Waals surface area contributed by atoms with E-state index in [9.17, 15) is 9.59 Å². The maximum Gasteiger partial charge on any atom is 0.287 e. The molecule has 6 heteroatoms. The number of hydrogen-bond donors (Lipinski definition) is 2. The molecule has 0 aliphatic carbocycles. The molecule has 152 valence electrons. The van der Waals surface area contributed by atoms with Crippen LogP contribution in [0.1, 0.15) is 34.8 Å². The zero-order valence-corrected chi connectivity index (χ0v) is 16.5. The Bertz CT molecular complexity index is 1100. The van der Waals surface area contributed by atoms with E-state index in [1.807, 2.05) is 67.6 Å². The van der Waals surface area contributed by atoms with E-state index in [1.54, 1.807) is 12.1 Å². The maximum atomic E-state index is 13.1. The highest BCUT2D eigenvalue weighted by atomic mass is 16.3. The second kappa shape index (κ2) is 8.69. The number of carbonyl (C=O) groups excluding carboxylic acids is 2. The fourth-order valence-electron chi connectivity index (χ4n) is 3.30. The molecule has 2 aromatic heterocycles. The van der Waals surface area contributed by atoms with E-state index in [1.165, 1.54) is 6.26 Å². The first-order chi connectivity index (χ1) is 14.6. The molecule has 30 heavy (non-hydrogen) atoms. The van der Waals surface area contributed by atoms with Gasteiger partial charge in [0.15, 0.2) is 5.76 Å². The molecule has 2 N–H and O–H groups in total. The fourth-order valence-corrected chi connectivity index (χ4v) is 3.30. The van der Waals surface area contributed by atoms with E-state index in [0.717, 1.165) is 16.5 Å². The quantitative estimate of drug-likeness (QED) is 0.484. The van der Waals surface area contributed by atoms with Crippen LogP contribution in [-0.2, 0) is 11.2 Å². The Morgan fingerprint density at radius 3 is 2.43 bits per heavy atom. The molecule has 2 heterocycles. The summed E-state index contributed by atoms with van der Waals surface area (Å²) < 4.78 is 11.0. The van der Waals surface area contributed by atoms with Crippen LogP contribution >= 0.6 is 0 Å². The molecule has 0 fully saturated rings. The largest absolute Gasteiger partial charge is 0.459 e. The van der Waals surface area contributed by atoms with E-state index in [4.69, 9.17) is 8.83 Å². The minimum Gasteiger partial charge on any atom is -0.459 e. The van der Waals surface area contributed by atoms with Crippen molar-refractivity contribution in [2.75, 3.05) is 0 Å². The van der Waals surface area contributed by atoms with Crippen LogP contribution in [-0.4, -0.2) is 17.9 Å². The lowest BCUT2D eigenvalue weighted by Crippen LogP contribution is -2.48. The van der Waals surface area contributed by atoms with Crippen molar-refractivity contribution in [3.05, 3.63) is 96.1 Å². The van der Waals surface area contributed by atoms with Gasteiger partial charge in [0, 0.05) is 11.8 Å². The number of hydrogen-bond acceptors (Lipinski definition) is 4. The van der Waals surface area contributed by atoms with Crippen molar-refractivity contribution in [2.24, 2.45) is 0 Å². The SMILES string of the molecule is CC(NC(=O)[C@H](Cc1ccccc1)NC(=O)c1ccco1)c1cc2ccccc2o1. The third-order valence-electron chi connectivity index (χ3n) is 4.88. The lowest BCUT2D eigenvalue weighted by Gasteiger charge is -2.20. The summed E-state index contributed by atoms with van der Waals surface area (Å²) in [5, 5.41) is 6.70. The van der Waals surface area contributed by atoms with Crippen LogP contribution in [0.25, 0.3) is 11.0 Å². The maximum absolute atomic E-state index is 13.1. The smallest absolute Gasteiger partial charge is 0.287 e. The molecule has 1 unspecified atom stereocenters. The van der Waals surface area contributed by atoms with E-state index in [0.29, 0.717) is 12.2 Å². The molecule has 0 spiro atoms. The topological polar surface area (TPSA) is 84.5 Å². The second-order valence-corrected chi connectivity index (χ2v) is 7.11. The number of para-hydroxylation sites is 1. The predicted octanol–water partition coefficient (Wildman–Crippen LogP) is 4.24. The summed E-state index contributed by atoms with van der Waals surface area (Å²) in [7, 11) is 0. The van der Waals surface area contributed by atoms with Crippen molar-refractivity contribution < 1.29 is 18.4 Å². The van der Waals surface area contributed by atoms with Crippen molar-refractivity contribution in [2.45, 2.75) is 25.4 Å². The van der Waals surface area contributed by atoms with Crippen LogP contribution in [0.2, 0.25) is 0 Å². The average Bonchev–Trinajstić information content (AvgIpc) is 3.44. The number of fused-ring (bicyclic) bond motifs is 1. The number of nitrogens with one attached hydrogen (secondary N) is 2. The van der Waals surface area contributed by atoms with Gasteiger partial charge in [0.25, 0.3) is 5.91 Å². The van der Waals surface area contributed by atoms with Crippen LogP contribution in [0, 0.1) is 0 Å². The van der Waals surface area contributed by atoms with Gasteiger partial charge >= 0.3 is 0 Å². The summed E-state index contributed by atoms with van der Waals surface area (Å²) in [6.07, 6.45) is 1.77. The number of carbonyl (C=O) groups is 2. The number of rotatable bonds is 7. The minimum atomic E-state index is -0.767. The normalized spacial score (nSPS) is 13.0. The fraction of sp³-hybridized carbons (Fsp3) is 0.167. The molecule has 0 aliphatic heterocycles. The molecular formula is C24H22N2O4. The molecule has 0 saturated heterocycles. The van der Waals surface area contributed by atoms with Gasteiger partial charge < -0.3 is 19.5 Å². The zero-order chi connectivity index (χ0) is 20.9. The average molecular weight is 402 g/mol. The van der Waals surface area contributed by atoms with Gasteiger partial charge in [-0.25, -0.2) is 0 Å². The molecule has 2 atom stereocenters. The van der Waals surface area contributed by atoms with E-state index in [2.05, 4.69) is 10.6 Å². The van der Waals surface area contributed by atoms with Gasteiger partial charge in [0.05, 0.1) is 12.3 Å². The van der Waals surface area contributed by atoms with Crippen LogP contribution in [0.5, 0.6) is 0 Å². The summed E-state index contributed by atoms with van der Waals surface area (Å²) in [5.74, 6) is 0.0748. The number of benzene rings is 2. The minimum absolute atomic E-state index is 0.159. The van der Waals surface area contributed by atoms with Crippen molar-refractivity contribution in [1.82, 2.24) is 10.6 Å². The van der Waals surface area contributed by atoms with Gasteiger partial charge in [-0.1, -0.05) is 48.5 Å². The summed E-state index contributed by atoms with van der Waals surface area (Å²) >= 11 is 0. The first-order valence-corrected chi connectivity index (χ1v) is 9.77. The molecule has 0 radical (unpaired) electrons. The van der Waals surface area contributed by atoms with Crippen molar-refractivity contribution in [3.63, 3.8) is 0 Å². The van der Waals surface area contributed by atoms with Crippen LogP contribution < -0.4 is 10.6 Å². The van der Waals surface area contributed by atoms with Crippen molar-refractivity contribution >= 4 is 22.8 Å². The molecule has 0 saturated carbocycles. The summed E-state index contributed by atoms with van der Waals surface area (Å²) in [4.78, 5) is 25.5. The van der Waals surface area contributed by atoms with Crippen molar-refractivity contribution in [1.29, 1.82) is 0 Å². The third-order valence-corrected chi connectivity index (χ3v) is 4.88. The van der Waals surface area contributed by atoms with Gasteiger partial charge in [0.2, 0.25) is 5.91 Å². The lowest BCUT2D eigenvalue weighted by atomic mass is 10.0. The molecule has 0 aliphatic rings. The van der Waals surface area contributed by atoms with Gasteiger partial charge in [-0.05, 0) is 36.8 Å². The third kappa shape index (κ3) is 4.43. The lowest BCUT2D eigenvalue weighted by molar-refractivity contribution is -0.123. The highest BCUT2D eigenvalue weighted by molar-refractivity contribution is 5.95. The molecule has 0 bridgehead atoms. The second-order valence-electron chi connectivity index (χ2n) is 7.11. The molecule has 2 amide bonds. The van der Waals surface area contributed by atoms with E-state index >= 15 is 0 Å². The highest BCUT2D eigenvalue weighted by Crippen LogP contribution is 2.23. The van der Waals surface area contributed by atoms with E-state index in [-0.39, 0.29) is 17.7 Å². The summed E-state index contributed by atoms with van der Waals surface area (Å²) in [6.45, 7) is 1.85. The molecule has 4 rings (SSSR count). The number of furan rings is 2. The Hall–Kier alpha value is -3.80. The standard InChI is InChI=1S/C24H22N2O4/c1-16(22-15-18-10-5-6-11-20(18)30-22)25-23(27)19(14-17-8-3-2-4-9-17)26-24(28)21-12-7-13-29-21/h2-13,15-16,19H,14H2,1H3,(H,25,27)(H,26,28)/t16?,19-/m0/s1. The monoisotopic (exact) mass is 402 g/mol. The summed E-state index contributed by atoms with van der Waals surface area (Å²) in [5.41, 5.74) is 1.70. The predicted molar refractivity (Wildman–Crippen MR) is 113 cm³/mol. The first-order valence-electron chi connectivity index (χ1n) is 9.77. The van der Waals surface area contributed by atoms with E-state index < -0.39 is 11.9 Å². The molecule has 6 nitrogen and oxygen atoms in total. The van der Waals surface area contributed by atoms with Crippen LogP contribution in [0.4, 0.5) is 0 Å². The van der Waals surface area contributed by atoms with Crippen molar-refractivity contribution in [3.8, 4) is 0 Å². The molecular weight excluding hydrogens is 380 g/mol. The Balaban J connectivity index is 1.50. The summed E-state index contributed by atoms with van der Waals surface area (Å²) in [6, 6.07) is 21.2. The molecule has 4 aromatic rings. The van der Waals surface area contributed by atoms with Crippen LogP contribution in [0.3, 0.4) is 0 Å². The Morgan fingerprint density at radius 2 is 1.70 bits per heavy atom. The number of amides is 2.